The zero-order chi connectivity index (χ0) is 14.6. The summed E-state index contributed by atoms with van der Waals surface area (Å²) < 4.78 is 31.7. The third kappa shape index (κ3) is 16.9. The first-order valence-corrected chi connectivity index (χ1v) is 5.38. The van der Waals surface area contributed by atoms with Crippen molar-refractivity contribution >= 4 is 11.9 Å². The minimum atomic E-state index is -5.08. The molecule has 0 aliphatic rings. The normalized spacial score (nSPS) is 10.9. The molecule has 7 heteroatoms. The number of carboxylic acid groups (broad SMARTS) is 2. The summed E-state index contributed by atoms with van der Waals surface area (Å²) in [5.74, 6) is -3.51. The van der Waals surface area contributed by atoms with Gasteiger partial charge in [-0.3, -0.25) is 4.79 Å². The number of hydrogen-bond donors (Lipinski definition) is 2. The van der Waals surface area contributed by atoms with E-state index in [-0.39, 0.29) is 6.42 Å². The predicted octanol–water partition coefficient (Wildman–Crippen LogP) is 3.23. The van der Waals surface area contributed by atoms with Crippen molar-refractivity contribution in [2.24, 2.45) is 0 Å². The molecule has 0 amide bonds. The Morgan fingerprint density at radius 1 is 1.11 bits per heavy atom. The predicted molar refractivity (Wildman–Crippen MR) is 59.2 cm³/mol. The molecule has 0 aromatic heterocycles. The Labute approximate surface area is 103 Å². The second-order valence-electron chi connectivity index (χ2n) is 3.37. The molecule has 0 aromatic carbocycles. The molecule has 0 spiro atoms. The number of allylic oxidation sites excluding steroid dienone is 1. The monoisotopic (exact) mass is 270 g/mol. The number of rotatable bonds is 6. The standard InChI is InChI=1S/C9H16O2.C2HF3O2/c1-2-3-4-5-6-7-8-9(10)11;3-2(4,5)1(6)7/h6-7H,2-5,8H2,1H3,(H,10,11);(H,6,7). The Morgan fingerprint density at radius 2 is 1.61 bits per heavy atom. The quantitative estimate of drug-likeness (QED) is 0.574. The SMILES string of the molecule is CCCCCC=CCC(=O)O.O=C(O)C(F)(F)F. The van der Waals surface area contributed by atoms with E-state index in [1.807, 2.05) is 6.08 Å². The van der Waals surface area contributed by atoms with Crippen molar-refractivity contribution in [1.29, 1.82) is 0 Å². The van der Waals surface area contributed by atoms with E-state index in [4.69, 9.17) is 15.0 Å². The van der Waals surface area contributed by atoms with Crippen LogP contribution in [0.4, 0.5) is 13.2 Å². The van der Waals surface area contributed by atoms with Crippen molar-refractivity contribution in [2.45, 2.75) is 45.2 Å². The maximum atomic E-state index is 10.6. The van der Waals surface area contributed by atoms with Gasteiger partial charge in [-0.25, -0.2) is 4.79 Å². The highest BCUT2D eigenvalue weighted by molar-refractivity contribution is 5.73. The van der Waals surface area contributed by atoms with Gasteiger partial charge in [-0.15, -0.1) is 0 Å². The Morgan fingerprint density at radius 3 is 1.94 bits per heavy atom. The molecule has 4 nitrogen and oxygen atoms in total. The van der Waals surface area contributed by atoms with E-state index >= 15 is 0 Å². The summed E-state index contributed by atoms with van der Waals surface area (Å²) >= 11 is 0. The van der Waals surface area contributed by atoms with Crippen LogP contribution in [0.5, 0.6) is 0 Å². The Kier molecular flexibility index (Phi) is 11.1. The minimum Gasteiger partial charge on any atom is -0.481 e. The summed E-state index contributed by atoms with van der Waals surface area (Å²) in [5.41, 5.74) is 0. The molecule has 0 aliphatic carbocycles. The van der Waals surface area contributed by atoms with Gasteiger partial charge >= 0.3 is 18.1 Å². The van der Waals surface area contributed by atoms with E-state index < -0.39 is 18.1 Å². The number of aliphatic carboxylic acids is 2. The fraction of sp³-hybridized carbons (Fsp3) is 0.636. The molecule has 0 aromatic rings. The van der Waals surface area contributed by atoms with Crippen molar-refractivity contribution in [3.8, 4) is 0 Å². The van der Waals surface area contributed by atoms with Crippen molar-refractivity contribution in [3.63, 3.8) is 0 Å². The smallest absolute Gasteiger partial charge is 0.481 e. The zero-order valence-electron chi connectivity index (χ0n) is 10.0. The first-order valence-electron chi connectivity index (χ1n) is 5.38. The van der Waals surface area contributed by atoms with Crippen LogP contribution in [0.2, 0.25) is 0 Å². The van der Waals surface area contributed by atoms with Gasteiger partial charge in [-0.05, 0) is 12.8 Å². The van der Waals surface area contributed by atoms with Gasteiger partial charge in [0.2, 0.25) is 0 Å². The van der Waals surface area contributed by atoms with Crippen molar-refractivity contribution in [2.75, 3.05) is 0 Å². The molecule has 18 heavy (non-hydrogen) atoms. The van der Waals surface area contributed by atoms with Crippen LogP contribution in [-0.2, 0) is 9.59 Å². The largest absolute Gasteiger partial charge is 0.490 e. The first kappa shape index (κ1) is 18.8. The van der Waals surface area contributed by atoms with Crippen LogP contribution in [0.15, 0.2) is 12.2 Å². The average molecular weight is 270 g/mol. The number of carbonyl (C=O) groups is 2. The third-order valence-corrected chi connectivity index (χ3v) is 1.68. The molecule has 0 unspecified atom stereocenters. The van der Waals surface area contributed by atoms with Gasteiger partial charge in [0.25, 0.3) is 0 Å². The maximum absolute atomic E-state index is 10.6. The zero-order valence-corrected chi connectivity index (χ0v) is 10.0. The topological polar surface area (TPSA) is 74.6 Å². The lowest BCUT2D eigenvalue weighted by Gasteiger charge is -1.93. The molecule has 2 N–H and O–H groups in total. The lowest BCUT2D eigenvalue weighted by molar-refractivity contribution is -0.192. The van der Waals surface area contributed by atoms with Crippen LogP contribution < -0.4 is 0 Å². The van der Waals surface area contributed by atoms with Gasteiger partial charge in [0.15, 0.2) is 0 Å². The Bertz CT molecular complexity index is 272. The highest BCUT2D eigenvalue weighted by Gasteiger charge is 2.38. The number of unbranched alkanes of at least 4 members (excludes halogenated alkanes) is 3. The summed E-state index contributed by atoms with van der Waals surface area (Å²) in [4.78, 5) is 18.9. The van der Waals surface area contributed by atoms with E-state index in [1.54, 1.807) is 6.08 Å². The summed E-state index contributed by atoms with van der Waals surface area (Å²) in [5, 5.41) is 15.4. The summed E-state index contributed by atoms with van der Waals surface area (Å²) in [6.07, 6.45) is 3.38. The minimum absolute atomic E-state index is 0.159. The second kappa shape index (κ2) is 10.6. The van der Waals surface area contributed by atoms with Gasteiger partial charge in [-0.1, -0.05) is 31.9 Å². The van der Waals surface area contributed by atoms with Gasteiger partial charge in [0.1, 0.15) is 0 Å². The van der Waals surface area contributed by atoms with Crippen molar-refractivity contribution in [1.82, 2.24) is 0 Å². The average Bonchev–Trinajstić information content (AvgIpc) is 2.22. The lowest BCUT2D eigenvalue weighted by Crippen LogP contribution is -2.21. The van der Waals surface area contributed by atoms with Gasteiger partial charge < -0.3 is 10.2 Å². The van der Waals surface area contributed by atoms with Crippen LogP contribution in [0, 0.1) is 0 Å². The highest BCUT2D eigenvalue weighted by atomic mass is 19.4. The molecule has 0 rings (SSSR count). The molecule has 0 heterocycles. The van der Waals surface area contributed by atoms with Crippen LogP contribution in [-0.4, -0.2) is 28.3 Å². The van der Waals surface area contributed by atoms with Gasteiger partial charge in [0, 0.05) is 0 Å². The highest BCUT2D eigenvalue weighted by Crippen LogP contribution is 2.13. The summed E-state index contributed by atoms with van der Waals surface area (Å²) in [7, 11) is 0. The first-order chi connectivity index (χ1) is 8.21. The number of hydrogen-bond acceptors (Lipinski definition) is 2. The van der Waals surface area contributed by atoms with Crippen molar-refractivity contribution in [3.05, 3.63) is 12.2 Å². The molecular weight excluding hydrogens is 253 g/mol. The van der Waals surface area contributed by atoms with Crippen molar-refractivity contribution < 1.29 is 33.0 Å². The molecule has 0 atom stereocenters. The molecule has 0 bridgehead atoms. The molecule has 0 saturated heterocycles. The number of carboxylic acids is 2. The Balaban J connectivity index is 0. The third-order valence-electron chi connectivity index (χ3n) is 1.68. The van der Waals surface area contributed by atoms with E-state index in [2.05, 4.69) is 6.92 Å². The van der Waals surface area contributed by atoms with E-state index in [1.165, 1.54) is 19.3 Å². The molecule has 0 aliphatic heterocycles. The number of alkyl halides is 3. The molecule has 0 radical (unpaired) electrons. The van der Waals surface area contributed by atoms with Crippen LogP contribution in [0.3, 0.4) is 0 Å². The van der Waals surface area contributed by atoms with E-state index in [0.717, 1.165) is 6.42 Å². The molecule has 106 valence electrons. The molecule has 0 fully saturated rings. The van der Waals surface area contributed by atoms with Crippen LogP contribution in [0.1, 0.15) is 39.0 Å². The lowest BCUT2D eigenvalue weighted by atomic mass is 10.2. The Hall–Kier alpha value is -1.53. The maximum Gasteiger partial charge on any atom is 0.490 e. The summed E-state index contributed by atoms with van der Waals surface area (Å²) in [6, 6.07) is 0. The van der Waals surface area contributed by atoms with Crippen LogP contribution >= 0.6 is 0 Å². The summed E-state index contributed by atoms with van der Waals surface area (Å²) in [6.45, 7) is 2.15. The van der Waals surface area contributed by atoms with E-state index in [9.17, 15) is 18.0 Å². The fourth-order valence-corrected chi connectivity index (χ4v) is 0.814. The van der Waals surface area contributed by atoms with Crippen LogP contribution in [0.25, 0.3) is 0 Å². The van der Waals surface area contributed by atoms with Gasteiger partial charge in [0.05, 0.1) is 6.42 Å². The fourth-order valence-electron chi connectivity index (χ4n) is 0.814. The second-order valence-corrected chi connectivity index (χ2v) is 3.37. The van der Waals surface area contributed by atoms with Gasteiger partial charge in [-0.2, -0.15) is 13.2 Å². The number of halogens is 3. The van der Waals surface area contributed by atoms with E-state index in [0.29, 0.717) is 0 Å². The molecular formula is C11H17F3O4. The molecule has 0 saturated carbocycles.